The van der Waals surface area contributed by atoms with E-state index in [1.807, 2.05) is 41.3 Å². The Balaban J connectivity index is 1.22. The molecule has 1 aliphatic heterocycles. The van der Waals surface area contributed by atoms with E-state index in [0.29, 0.717) is 36.7 Å². The topological polar surface area (TPSA) is 59.2 Å². The summed E-state index contributed by atoms with van der Waals surface area (Å²) in [6.45, 7) is 1.27. The van der Waals surface area contributed by atoms with Crippen molar-refractivity contribution in [1.82, 2.24) is 14.9 Å². The average molecular weight is 456 g/mol. The number of pyridine rings is 1. The van der Waals surface area contributed by atoms with Crippen molar-refractivity contribution in [3.8, 4) is 0 Å². The average Bonchev–Trinajstić information content (AvgIpc) is 3.33. The van der Waals surface area contributed by atoms with E-state index in [2.05, 4.69) is 22.1 Å². The van der Waals surface area contributed by atoms with Gasteiger partial charge in [0.1, 0.15) is 11.6 Å². The third kappa shape index (κ3) is 5.22. The Bertz CT molecular complexity index is 1250. The van der Waals surface area contributed by atoms with Crippen molar-refractivity contribution in [1.29, 1.82) is 0 Å². The zero-order chi connectivity index (χ0) is 23.3. The Morgan fingerprint density at radius 2 is 1.82 bits per heavy atom. The lowest BCUT2D eigenvalue weighted by Crippen LogP contribution is -2.39. The van der Waals surface area contributed by atoms with Gasteiger partial charge in [0, 0.05) is 37.8 Å². The highest BCUT2D eigenvalue weighted by atomic mass is 19.1. The largest absolute Gasteiger partial charge is 0.445 e. The summed E-state index contributed by atoms with van der Waals surface area (Å²) in [6, 6.07) is 20.4. The summed E-state index contributed by atoms with van der Waals surface area (Å²) in [5.74, 6) is 1.10. The molecule has 4 aromatic rings. The molecule has 2 aromatic carbocycles. The highest BCUT2D eigenvalue weighted by Crippen LogP contribution is 2.28. The van der Waals surface area contributed by atoms with Crippen molar-refractivity contribution in [2.24, 2.45) is 0 Å². The molecule has 0 unspecified atom stereocenters. The van der Waals surface area contributed by atoms with Gasteiger partial charge in [-0.15, -0.1) is 0 Å². The number of carbonyl (C=O) groups excluding carboxylic acids is 1. The summed E-state index contributed by atoms with van der Waals surface area (Å²) in [7, 11) is 0. The molecule has 0 aliphatic carbocycles. The second-order valence-electron chi connectivity index (χ2n) is 8.76. The van der Waals surface area contributed by atoms with E-state index in [4.69, 9.17) is 4.42 Å². The minimum Gasteiger partial charge on any atom is -0.445 e. The Labute approximate surface area is 198 Å². The fourth-order valence-electron chi connectivity index (χ4n) is 4.45. The van der Waals surface area contributed by atoms with E-state index in [1.54, 1.807) is 18.5 Å². The van der Waals surface area contributed by atoms with Gasteiger partial charge in [0.25, 0.3) is 5.91 Å². The maximum atomic E-state index is 13.5. The van der Waals surface area contributed by atoms with Crippen molar-refractivity contribution in [3.63, 3.8) is 0 Å². The lowest BCUT2D eigenvalue weighted by molar-refractivity contribution is 0.0697. The fourth-order valence-corrected chi connectivity index (χ4v) is 4.45. The highest BCUT2D eigenvalue weighted by Gasteiger charge is 2.28. The van der Waals surface area contributed by atoms with Gasteiger partial charge < -0.3 is 9.32 Å². The number of halogens is 1. The van der Waals surface area contributed by atoms with Crippen LogP contribution in [-0.4, -0.2) is 33.9 Å². The van der Waals surface area contributed by atoms with Crippen LogP contribution in [0, 0.1) is 5.82 Å². The Morgan fingerprint density at radius 3 is 2.62 bits per heavy atom. The first-order valence-electron chi connectivity index (χ1n) is 11.6. The molecule has 3 heterocycles. The minimum absolute atomic E-state index is 0.0185. The van der Waals surface area contributed by atoms with Gasteiger partial charge in [-0.05, 0) is 48.2 Å². The quantitative estimate of drug-likeness (QED) is 0.390. The van der Waals surface area contributed by atoms with Crippen LogP contribution in [0.3, 0.4) is 0 Å². The van der Waals surface area contributed by atoms with Crippen LogP contribution in [0.1, 0.15) is 57.6 Å². The molecule has 0 saturated carbocycles. The predicted octanol–water partition coefficient (Wildman–Crippen LogP) is 5.41. The molecule has 1 amide bonds. The van der Waals surface area contributed by atoms with Crippen molar-refractivity contribution < 1.29 is 13.6 Å². The molecule has 1 saturated heterocycles. The summed E-state index contributed by atoms with van der Waals surface area (Å²) in [4.78, 5) is 24.0. The first-order chi connectivity index (χ1) is 16.6. The lowest BCUT2D eigenvalue weighted by atomic mass is 9.97. The summed E-state index contributed by atoms with van der Waals surface area (Å²) in [6.07, 6.45) is 6.41. The van der Waals surface area contributed by atoms with Gasteiger partial charge in [0.15, 0.2) is 5.89 Å². The monoisotopic (exact) mass is 455 g/mol. The molecule has 1 fully saturated rings. The van der Waals surface area contributed by atoms with Gasteiger partial charge >= 0.3 is 0 Å². The van der Waals surface area contributed by atoms with Crippen molar-refractivity contribution in [2.75, 3.05) is 13.1 Å². The number of rotatable bonds is 6. The first-order valence-corrected chi connectivity index (χ1v) is 11.6. The fraction of sp³-hybridized carbons (Fsp3) is 0.250. The molecule has 172 valence electrons. The summed E-state index contributed by atoms with van der Waals surface area (Å²) in [5.41, 5.74) is 3.56. The van der Waals surface area contributed by atoms with Crippen LogP contribution in [-0.2, 0) is 12.8 Å². The van der Waals surface area contributed by atoms with E-state index in [9.17, 15) is 9.18 Å². The standard InChI is InChI=1S/C28H26FN3O2/c29-24-10-4-8-21(14-24)16-26-18-31-27(34-26)23-9-5-13-32(19-23)28(33)22-11-12-25(30-17-22)15-20-6-2-1-3-7-20/h1-4,6-8,10-12,14,17-18,23H,5,9,13,15-16,19H2/t23-/m1/s1. The number of hydrogen-bond acceptors (Lipinski definition) is 4. The lowest BCUT2D eigenvalue weighted by Gasteiger charge is -2.31. The number of aromatic nitrogens is 2. The molecule has 0 radical (unpaired) electrons. The normalized spacial score (nSPS) is 15.9. The summed E-state index contributed by atoms with van der Waals surface area (Å²) in [5, 5.41) is 0. The molecule has 2 aromatic heterocycles. The smallest absolute Gasteiger partial charge is 0.255 e. The predicted molar refractivity (Wildman–Crippen MR) is 127 cm³/mol. The van der Waals surface area contributed by atoms with E-state index in [-0.39, 0.29) is 17.6 Å². The molecule has 1 aliphatic rings. The zero-order valence-electron chi connectivity index (χ0n) is 18.9. The van der Waals surface area contributed by atoms with Gasteiger partial charge in [-0.25, -0.2) is 9.37 Å². The van der Waals surface area contributed by atoms with Crippen molar-refractivity contribution in [2.45, 2.75) is 31.6 Å². The molecule has 0 N–H and O–H groups in total. The number of amides is 1. The van der Waals surface area contributed by atoms with Gasteiger partial charge in [-0.2, -0.15) is 0 Å². The number of carbonyl (C=O) groups is 1. The minimum atomic E-state index is -0.263. The highest BCUT2D eigenvalue weighted by molar-refractivity contribution is 5.94. The van der Waals surface area contributed by atoms with Crippen LogP contribution >= 0.6 is 0 Å². The van der Waals surface area contributed by atoms with Crippen molar-refractivity contribution in [3.05, 3.63) is 119 Å². The molecule has 0 bridgehead atoms. The number of nitrogens with zero attached hydrogens (tertiary/aromatic N) is 3. The molecule has 0 spiro atoms. The van der Waals surface area contributed by atoms with Gasteiger partial charge in [-0.1, -0.05) is 42.5 Å². The SMILES string of the molecule is O=C(c1ccc(Cc2ccccc2)nc1)N1CCC[C@@H](c2ncc(Cc3cccc(F)c3)o2)C1. The second-order valence-corrected chi connectivity index (χ2v) is 8.76. The first kappa shape index (κ1) is 22.0. The van der Waals surface area contributed by atoms with Crippen LogP contribution in [0.4, 0.5) is 4.39 Å². The number of benzene rings is 2. The third-order valence-corrected chi connectivity index (χ3v) is 6.20. The molecule has 5 rings (SSSR count). The molecular formula is C28H26FN3O2. The number of piperidine rings is 1. The van der Waals surface area contributed by atoms with Gasteiger partial charge in [-0.3, -0.25) is 9.78 Å². The van der Waals surface area contributed by atoms with E-state index < -0.39 is 0 Å². The number of hydrogen-bond donors (Lipinski definition) is 0. The summed E-state index contributed by atoms with van der Waals surface area (Å²) < 4.78 is 19.4. The Hall–Kier alpha value is -3.80. The van der Waals surface area contributed by atoms with Crippen molar-refractivity contribution >= 4 is 5.91 Å². The molecule has 34 heavy (non-hydrogen) atoms. The second kappa shape index (κ2) is 10.00. The van der Waals surface area contributed by atoms with Crippen LogP contribution in [0.5, 0.6) is 0 Å². The Morgan fingerprint density at radius 1 is 0.971 bits per heavy atom. The van der Waals surface area contributed by atoms with E-state index >= 15 is 0 Å². The van der Waals surface area contributed by atoms with Crippen LogP contribution in [0.15, 0.2) is 83.5 Å². The number of likely N-dealkylation sites (tertiary alicyclic amines) is 1. The molecule has 1 atom stereocenters. The molecule has 6 heteroatoms. The van der Waals surface area contributed by atoms with Crippen LogP contribution < -0.4 is 0 Å². The zero-order valence-corrected chi connectivity index (χ0v) is 18.9. The summed E-state index contributed by atoms with van der Waals surface area (Å²) >= 11 is 0. The molecule has 5 nitrogen and oxygen atoms in total. The van der Waals surface area contributed by atoms with Gasteiger partial charge in [0.2, 0.25) is 0 Å². The van der Waals surface area contributed by atoms with E-state index in [1.165, 1.54) is 17.7 Å². The van der Waals surface area contributed by atoms with E-state index in [0.717, 1.165) is 30.5 Å². The maximum Gasteiger partial charge on any atom is 0.255 e. The Kier molecular flexibility index (Phi) is 6.47. The number of oxazole rings is 1. The van der Waals surface area contributed by atoms with Gasteiger partial charge in [0.05, 0.1) is 17.7 Å². The maximum absolute atomic E-state index is 13.5. The molecular weight excluding hydrogens is 429 g/mol. The van der Waals surface area contributed by atoms with Crippen LogP contribution in [0.25, 0.3) is 0 Å². The van der Waals surface area contributed by atoms with Crippen LogP contribution in [0.2, 0.25) is 0 Å². The third-order valence-electron chi connectivity index (χ3n) is 6.20.